The van der Waals surface area contributed by atoms with Crippen LogP contribution < -0.4 is 9.47 Å². The Morgan fingerprint density at radius 2 is 1.36 bits per heavy atom. The lowest BCUT2D eigenvalue weighted by molar-refractivity contribution is -0.144. The Balaban J connectivity index is 0.000000292. The molecule has 9 nitrogen and oxygen atoms in total. The molecule has 0 spiro atoms. The van der Waals surface area contributed by atoms with Crippen molar-refractivity contribution in [3.8, 4) is 17.2 Å². The summed E-state index contributed by atoms with van der Waals surface area (Å²) in [7, 11) is 2.66. The van der Waals surface area contributed by atoms with Gasteiger partial charge in [0.15, 0.2) is 6.10 Å². The Morgan fingerprint density at radius 1 is 0.844 bits per heavy atom. The van der Waals surface area contributed by atoms with Crippen LogP contribution in [0.1, 0.15) is 67.3 Å². The van der Waals surface area contributed by atoms with Gasteiger partial charge in [0.1, 0.15) is 23.9 Å². The van der Waals surface area contributed by atoms with Gasteiger partial charge in [-0.1, -0.05) is 36.4 Å². The second-order valence-electron chi connectivity index (χ2n) is 9.75. The molecular weight excluding hydrogens is 597 g/mol. The van der Waals surface area contributed by atoms with Crippen molar-refractivity contribution in [3.63, 3.8) is 0 Å². The number of esters is 2. The SMILES string of the molecule is CCO[C@@H](CC(=O)OC)c1ccc(O)cc1.CCO[C@@H](CC(=O)OC)c1ccc(O[C@@H]2COc3c2cccc3C(F)(F)F)cc1. The molecule has 0 fully saturated rings. The number of phenols is 1. The maximum Gasteiger partial charge on any atom is 0.419 e. The second kappa shape index (κ2) is 16.7. The van der Waals surface area contributed by atoms with Crippen LogP contribution in [-0.2, 0) is 34.7 Å². The number of carbonyl (C=O) groups is 2. The molecule has 0 bridgehead atoms. The monoisotopic (exact) mass is 634 g/mol. The molecule has 3 atom stereocenters. The van der Waals surface area contributed by atoms with E-state index in [1.165, 1.54) is 20.3 Å². The first-order chi connectivity index (χ1) is 21.5. The van der Waals surface area contributed by atoms with Crippen LogP contribution in [0.15, 0.2) is 66.7 Å². The van der Waals surface area contributed by atoms with Gasteiger partial charge in [-0.3, -0.25) is 9.59 Å². The molecule has 12 heteroatoms. The minimum Gasteiger partial charge on any atom is -0.508 e. The molecule has 3 aromatic rings. The third-order valence-electron chi connectivity index (χ3n) is 6.77. The summed E-state index contributed by atoms with van der Waals surface area (Å²) in [5.74, 6) is -0.218. The zero-order chi connectivity index (χ0) is 33.0. The van der Waals surface area contributed by atoms with E-state index < -0.39 is 23.9 Å². The predicted octanol–water partition coefficient (Wildman–Crippen LogP) is 6.89. The fourth-order valence-electron chi connectivity index (χ4n) is 4.57. The van der Waals surface area contributed by atoms with Gasteiger partial charge in [-0.2, -0.15) is 13.2 Å². The van der Waals surface area contributed by atoms with Gasteiger partial charge in [-0.05, 0) is 55.3 Å². The first-order valence-corrected chi connectivity index (χ1v) is 14.3. The van der Waals surface area contributed by atoms with E-state index in [4.69, 9.17) is 28.8 Å². The molecule has 1 heterocycles. The quantitative estimate of drug-likeness (QED) is 0.213. The number of aromatic hydroxyl groups is 1. The molecule has 4 rings (SSSR count). The van der Waals surface area contributed by atoms with Gasteiger partial charge in [0.05, 0.1) is 44.8 Å². The number of fused-ring (bicyclic) bond motifs is 1. The zero-order valence-electron chi connectivity index (χ0n) is 25.5. The van der Waals surface area contributed by atoms with Crippen LogP contribution in [0.2, 0.25) is 0 Å². The number of halogens is 3. The van der Waals surface area contributed by atoms with E-state index >= 15 is 0 Å². The van der Waals surface area contributed by atoms with E-state index in [1.54, 1.807) is 54.6 Å². The van der Waals surface area contributed by atoms with Gasteiger partial charge in [0.2, 0.25) is 0 Å². The number of methoxy groups -OCH3 is 2. The van der Waals surface area contributed by atoms with Crippen molar-refractivity contribution in [2.75, 3.05) is 34.0 Å². The van der Waals surface area contributed by atoms with Crippen molar-refractivity contribution in [3.05, 3.63) is 89.0 Å². The van der Waals surface area contributed by atoms with Crippen LogP contribution in [0, 0.1) is 0 Å². The molecule has 0 aliphatic carbocycles. The van der Waals surface area contributed by atoms with Crippen molar-refractivity contribution in [1.82, 2.24) is 0 Å². The molecule has 0 saturated carbocycles. The van der Waals surface area contributed by atoms with Crippen LogP contribution in [0.4, 0.5) is 13.2 Å². The smallest absolute Gasteiger partial charge is 0.419 e. The number of hydrogen-bond donors (Lipinski definition) is 1. The minimum atomic E-state index is -4.49. The summed E-state index contributed by atoms with van der Waals surface area (Å²) in [6.45, 7) is 4.63. The Bertz CT molecular complexity index is 1380. The minimum absolute atomic E-state index is 0.00586. The summed E-state index contributed by atoms with van der Waals surface area (Å²) in [6.07, 6.45) is -5.65. The molecule has 1 N–H and O–H groups in total. The lowest BCUT2D eigenvalue weighted by atomic mass is 10.1. The van der Waals surface area contributed by atoms with Crippen LogP contribution >= 0.6 is 0 Å². The van der Waals surface area contributed by atoms with Crippen LogP contribution in [0.25, 0.3) is 0 Å². The maximum absolute atomic E-state index is 13.1. The average Bonchev–Trinajstić information content (AvgIpc) is 3.43. The summed E-state index contributed by atoms with van der Waals surface area (Å²) in [5.41, 5.74) is 1.18. The lowest BCUT2D eigenvalue weighted by Gasteiger charge is -2.18. The number of hydrogen-bond acceptors (Lipinski definition) is 9. The fraction of sp³-hybridized carbons (Fsp3) is 0.394. The summed E-state index contributed by atoms with van der Waals surface area (Å²) in [4.78, 5) is 22.7. The van der Waals surface area contributed by atoms with Crippen molar-refractivity contribution in [1.29, 1.82) is 0 Å². The van der Waals surface area contributed by atoms with Crippen LogP contribution in [0.5, 0.6) is 17.2 Å². The van der Waals surface area contributed by atoms with E-state index in [2.05, 4.69) is 4.74 Å². The van der Waals surface area contributed by atoms with E-state index in [9.17, 15) is 22.8 Å². The Hall–Kier alpha value is -4.29. The molecule has 1 aliphatic heterocycles. The van der Waals surface area contributed by atoms with Gasteiger partial charge in [-0.15, -0.1) is 0 Å². The molecule has 1 aliphatic rings. The zero-order valence-corrected chi connectivity index (χ0v) is 25.5. The molecule has 0 amide bonds. The summed E-state index contributed by atoms with van der Waals surface area (Å²) >= 11 is 0. The normalized spacial score (nSPS) is 15.0. The van der Waals surface area contributed by atoms with Crippen LogP contribution in [-0.4, -0.2) is 51.1 Å². The van der Waals surface area contributed by atoms with E-state index in [0.29, 0.717) is 24.5 Å². The highest BCUT2D eigenvalue weighted by atomic mass is 19.4. The predicted molar refractivity (Wildman–Crippen MR) is 157 cm³/mol. The highest BCUT2D eigenvalue weighted by Gasteiger charge is 2.39. The second-order valence-corrected chi connectivity index (χ2v) is 9.75. The lowest BCUT2D eigenvalue weighted by Crippen LogP contribution is -2.12. The fourth-order valence-corrected chi connectivity index (χ4v) is 4.57. The summed E-state index contributed by atoms with van der Waals surface area (Å²) in [5, 5.41) is 9.16. The van der Waals surface area contributed by atoms with Gasteiger partial charge in [0.25, 0.3) is 0 Å². The molecule has 0 aromatic heterocycles. The maximum atomic E-state index is 13.1. The number of rotatable bonds is 12. The van der Waals surface area contributed by atoms with E-state index in [1.807, 2.05) is 13.8 Å². The number of alkyl halides is 3. The van der Waals surface area contributed by atoms with Crippen molar-refractivity contribution < 1.29 is 56.3 Å². The van der Waals surface area contributed by atoms with Gasteiger partial charge < -0.3 is 33.5 Å². The van der Waals surface area contributed by atoms with Gasteiger partial charge in [0, 0.05) is 18.8 Å². The molecule has 244 valence electrons. The molecule has 0 unspecified atom stereocenters. The molecule has 45 heavy (non-hydrogen) atoms. The number of para-hydroxylation sites is 1. The van der Waals surface area contributed by atoms with Crippen molar-refractivity contribution >= 4 is 11.9 Å². The van der Waals surface area contributed by atoms with Crippen molar-refractivity contribution in [2.45, 2.75) is 51.2 Å². The Morgan fingerprint density at radius 3 is 1.82 bits per heavy atom. The largest absolute Gasteiger partial charge is 0.508 e. The topological polar surface area (TPSA) is 110 Å². The Labute approximate surface area is 259 Å². The van der Waals surface area contributed by atoms with Gasteiger partial charge >= 0.3 is 18.1 Å². The number of phenolic OH excluding ortho intramolecular Hbond substituents is 1. The standard InChI is InChI=1S/C21H21F3O5.C12H16O4/c1-3-27-17(11-19(25)26-2)13-7-9-14(10-8-13)29-18-12-28-20-15(18)5-4-6-16(20)21(22,23)24;1-3-16-11(8-12(14)15-2)9-4-6-10(13)7-5-9/h4-10,17-18H,3,11-12H2,1-2H3;4-7,11,13H,3,8H2,1-2H3/t17-,18+;11-/m00/s1. The first kappa shape index (κ1) is 35.2. The number of carbonyl (C=O) groups excluding carboxylic acids is 2. The molecule has 0 saturated heterocycles. The third kappa shape index (κ3) is 10.1. The summed E-state index contributed by atoms with van der Waals surface area (Å²) < 4.78 is 70.9. The molecule has 3 aromatic carbocycles. The van der Waals surface area contributed by atoms with E-state index in [-0.39, 0.29) is 49.0 Å². The average molecular weight is 635 g/mol. The molecule has 0 radical (unpaired) electrons. The third-order valence-corrected chi connectivity index (χ3v) is 6.77. The Kier molecular flexibility index (Phi) is 13.1. The summed E-state index contributed by atoms with van der Waals surface area (Å²) in [6, 6.07) is 17.4. The van der Waals surface area contributed by atoms with Crippen LogP contribution in [0.3, 0.4) is 0 Å². The van der Waals surface area contributed by atoms with Gasteiger partial charge in [-0.25, -0.2) is 0 Å². The first-order valence-electron chi connectivity index (χ1n) is 14.3. The molecular formula is C33H37F3O9. The highest BCUT2D eigenvalue weighted by molar-refractivity contribution is 5.70. The van der Waals surface area contributed by atoms with Crippen molar-refractivity contribution in [2.24, 2.45) is 0 Å². The highest BCUT2D eigenvalue weighted by Crippen LogP contribution is 2.44. The number of ether oxygens (including phenoxy) is 6. The number of benzene rings is 3. The van der Waals surface area contributed by atoms with E-state index in [0.717, 1.165) is 17.2 Å².